The molecule has 0 radical (unpaired) electrons. The largest absolute Gasteiger partial charge is 0.486 e. The van der Waals surface area contributed by atoms with Crippen molar-refractivity contribution >= 4 is 5.96 Å². The monoisotopic (exact) mass is 259 g/mol. The number of rotatable bonds is 3. The van der Waals surface area contributed by atoms with Crippen molar-refractivity contribution in [3.8, 4) is 23.8 Å². The molecule has 2 N–H and O–H groups in total. The molecule has 5 nitrogen and oxygen atoms in total. The Labute approximate surface area is 113 Å². The van der Waals surface area contributed by atoms with Crippen molar-refractivity contribution in [1.82, 2.24) is 10.6 Å². The van der Waals surface area contributed by atoms with E-state index >= 15 is 0 Å². The molecule has 0 saturated carbocycles. The van der Waals surface area contributed by atoms with Gasteiger partial charge in [-0.3, -0.25) is 4.99 Å². The van der Waals surface area contributed by atoms with E-state index in [9.17, 15) is 0 Å². The second-order valence-electron chi connectivity index (χ2n) is 4.01. The number of aliphatic imine (C=N–C) groups is 1. The van der Waals surface area contributed by atoms with E-state index in [4.69, 9.17) is 15.9 Å². The van der Waals surface area contributed by atoms with Crippen molar-refractivity contribution < 1.29 is 9.47 Å². The molecule has 0 amide bonds. The normalized spacial score (nSPS) is 17.5. The molecule has 1 aliphatic rings. The Balaban J connectivity index is 1.84. The third kappa shape index (κ3) is 3.55. The molecule has 0 spiro atoms. The maximum absolute atomic E-state index is 5.82. The van der Waals surface area contributed by atoms with Gasteiger partial charge in [0.05, 0.1) is 13.1 Å². The van der Waals surface area contributed by atoms with Crippen molar-refractivity contribution in [3.63, 3.8) is 0 Å². The molecule has 1 atom stereocenters. The number of hydrogen-bond donors (Lipinski definition) is 2. The predicted molar refractivity (Wildman–Crippen MR) is 74.6 cm³/mol. The molecular formula is C14H17N3O2. The molecule has 1 heterocycles. The van der Waals surface area contributed by atoms with Gasteiger partial charge < -0.3 is 20.1 Å². The van der Waals surface area contributed by atoms with Crippen LogP contribution in [0.25, 0.3) is 0 Å². The fourth-order valence-corrected chi connectivity index (χ4v) is 1.73. The fraction of sp³-hybridized carbons (Fsp3) is 0.357. The third-order valence-electron chi connectivity index (χ3n) is 2.65. The number of ether oxygens (including phenoxy) is 2. The summed E-state index contributed by atoms with van der Waals surface area (Å²) in [4.78, 5) is 4.06. The molecular weight excluding hydrogens is 242 g/mol. The van der Waals surface area contributed by atoms with Crippen LogP contribution in [0.5, 0.6) is 11.5 Å². The average Bonchev–Trinajstić information content (AvgIpc) is 2.47. The van der Waals surface area contributed by atoms with Crippen molar-refractivity contribution in [2.45, 2.75) is 6.10 Å². The zero-order chi connectivity index (χ0) is 13.5. The van der Waals surface area contributed by atoms with E-state index in [1.807, 2.05) is 24.3 Å². The minimum Gasteiger partial charge on any atom is -0.486 e. The summed E-state index contributed by atoms with van der Waals surface area (Å²) in [6.45, 7) is 1.54. The molecule has 1 aromatic carbocycles. The smallest absolute Gasteiger partial charge is 0.191 e. The van der Waals surface area contributed by atoms with Crippen LogP contribution in [0.4, 0.5) is 0 Å². The Morgan fingerprint density at radius 1 is 1.42 bits per heavy atom. The minimum atomic E-state index is -0.0562. The zero-order valence-electron chi connectivity index (χ0n) is 10.8. The second-order valence-corrected chi connectivity index (χ2v) is 4.01. The van der Waals surface area contributed by atoms with Crippen LogP contribution >= 0.6 is 0 Å². The maximum atomic E-state index is 5.82. The summed E-state index contributed by atoms with van der Waals surface area (Å²) in [5, 5.41) is 6.13. The highest BCUT2D eigenvalue weighted by atomic mass is 16.6. The number of terminal acetylenes is 1. The first-order valence-corrected chi connectivity index (χ1v) is 6.10. The summed E-state index contributed by atoms with van der Waals surface area (Å²) >= 11 is 0. The number of nitrogens with zero attached hydrogens (tertiary/aromatic N) is 1. The van der Waals surface area contributed by atoms with Crippen LogP contribution in [0.15, 0.2) is 29.3 Å². The van der Waals surface area contributed by atoms with Crippen LogP contribution in [0.2, 0.25) is 0 Å². The number of nitrogens with one attached hydrogen (secondary N) is 2. The second kappa shape index (κ2) is 6.55. The quantitative estimate of drug-likeness (QED) is 0.475. The van der Waals surface area contributed by atoms with Gasteiger partial charge >= 0.3 is 0 Å². The first-order chi connectivity index (χ1) is 9.33. The Hall–Kier alpha value is -2.35. The number of fused-ring (bicyclic) bond motifs is 1. The zero-order valence-corrected chi connectivity index (χ0v) is 10.8. The maximum Gasteiger partial charge on any atom is 0.191 e. The van der Waals surface area contributed by atoms with Gasteiger partial charge in [-0.05, 0) is 12.1 Å². The highest BCUT2D eigenvalue weighted by Gasteiger charge is 2.20. The summed E-state index contributed by atoms with van der Waals surface area (Å²) in [6, 6.07) is 7.64. The minimum absolute atomic E-state index is 0.0562. The van der Waals surface area contributed by atoms with Crippen molar-refractivity contribution in [2.75, 3.05) is 26.7 Å². The Kier molecular flexibility index (Phi) is 4.51. The molecule has 0 aromatic heterocycles. The summed E-state index contributed by atoms with van der Waals surface area (Å²) in [5.74, 6) is 4.70. The van der Waals surface area contributed by atoms with Crippen LogP contribution < -0.4 is 20.1 Å². The lowest BCUT2D eigenvalue weighted by Gasteiger charge is -2.27. The number of guanidine groups is 1. The van der Waals surface area contributed by atoms with Crippen LogP contribution in [0.3, 0.4) is 0 Å². The number of hydrogen-bond acceptors (Lipinski definition) is 3. The van der Waals surface area contributed by atoms with Crippen molar-refractivity contribution in [2.24, 2.45) is 4.99 Å². The molecule has 1 unspecified atom stereocenters. The van der Waals surface area contributed by atoms with E-state index in [-0.39, 0.29) is 6.10 Å². The highest BCUT2D eigenvalue weighted by Crippen LogP contribution is 2.30. The van der Waals surface area contributed by atoms with Crippen LogP contribution in [-0.2, 0) is 0 Å². The Morgan fingerprint density at radius 2 is 2.21 bits per heavy atom. The van der Waals surface area contributed by atoms with Gasteiger partial charge in [-0.2, -0.15) is 0 Å². The third-order valence-corrected chi connectivity index (χ3v) is 2.65. The molecule has 100 valence electrons. The van der Waals surface area contributed by atoms with Crippen molar-refractivity contribution in [3.05, 3.63) is 24.3 Å². The summed E-state index contributed by atoms with van der Waals surface area (Å²) in [5.41, 5.74) is 0. The van der Waals surface area contributed by atoms with Gasteiger partial charge in [0.15, 0.2) is 17.5 Å². The van der Waals surface area contributed by atoms with Gasteiger partial charge in [0.25, 0.3) is 0 Å². The lowest BCUT2D eigenvalue weighted by molar-refractivity contribution is 0.0936. The van der Waals surface area contributed by atoms with Gasteiger partial charge in [-0.1, -0.05) is 18.1 Å². The highest BCUT2D eigenvalue weighted by molar-refractivity contribution is 5.79. The number of para-hydroxylation sites is 2. The SMILES string of the molecule is C#CCNC(=NC)NCC1COc2ccccc2O1. The van der Waals surface area contributed by atoms with E-state index in [1.165, 1.54) is 0 Å². The molecule has 0 saturated heterocycles. The molecule has 19 heavy (non-hydrogen) atoms. The lowest BCUT2D eigenvalue weighted by Crippen LogP contribution is -2.45. The fourth-order valence-electron chi connectivity index (χ4n) is 1.73. The van der Waals surface area contributed by atoms with Gasteiger partial charge in [0.2, 0.25) is 0 Å². The standard InChI is InChI=1S/C14H17N3O2/c1-3-8-16-14(15-2)17-9-11-10-18-12-6-4-5-7-13(12)19-11/h1,4-7,11H,8-10H2,2H3,(H2,15,16,17). The summed E-state index contributed by atoms with van der Waals surface area (Å²) in [6.07, 6.45) is 5.13. The van der Waals surface area contributed by atoms with E-state index in [0.717, 1.165) is 11.5 Å². The Morgan fingerprint density at radius 3 is 2.95 bits per heavy atom. The first-order valence-electron chi connectivity index (χ1n) is 6.10. The van der Waals surface area contributed by atoms with E-state index < -0.39 is 0 Å². The van der Waals surface area contributed by atoms with Gasteiger partial charge in [0, 0.05) is 7.05 Å². The van der Waals surface area contributed by atoms with Gasteiger partial charge in [0.1, 0.15) is 12.7 Å². The lowest BCUT2D eigenvalue weighted by atomic mass is 10.2. The van der Waals surface area contributed by atoms with Gasteiger partial charge in [-0.15, -0.1) is 6.42 Å². The van der Waals surface area contributed by atoms with Gasteiger partial charge in [-0.25, -0.2) is 0 Å². The predicted octanol–water partition coefficient (Wildman–Crippen LogP) is 0.625. The number of benzene rings is 1. The van der Waals surface area contributed by atoms with E-state index in [1.54, 1.807) is 7.05 Å². The topological polar surface area (TPSA) is 54.9 Å². The molecule has 0 bridgehead atoms. The molecule has 2 rings (SSSR count). The molecule has 0 aliphatic carbocycles. The average molecular weight is 259 g/mol. The van der Waals surface area contributed by atoms with Crippen LogP contribution in [-0.4, -0.2) is 38.8 Å². The summed E-state index contributed by atoms with van der Waals surface area (Å²) in [7, 11) is 1.69. The molecule has 0 fully saturated rings. The van der Waals surface area contributed by atoms with E-state index in [0.29, 0.717) is 25.7 Å². The summed E-state index contributed by atoms with van der Waals surface area (Å²) < 4.78 is 11.4. The van der Waals surface area contributed by atoms with E-state index in [2.05, 4.69) is 21.5 Å². The molecule has 5 heteroatoms. The van der Waals surface area contributed by atoms with Crippen LogP contribution in [0, 0.1) is 12.3 Å². The molecule has 1 aromatic rings. The Bertz CT molecular complexity index is 494. The molecule has 1 aliphatic heterocycles. The van der Waals surface area contributed by atoms with Crippen LogP contribution in [0.1, 0.15) is 0 Å². The first kappa shape index (κ1) is 13.1. The van der Waals surface area contributed by atoms with Crippen molar-refractivity contribution in [1.29, 1.82) is 0 Å².